The third kappa shape index (κ3) is 4.38. The van der Waals surface area contributed by atoms with E-state index in [0.29, 0.717) is 11.7 Å². The molecule has 1 aromatic heterocycles. The molecule has 2 aromatic rings. The highest BCUT2D eigenvalue weighted by atomic mass is 16.1. The minimum atomic E-state index is -0.102. The number of rotatable bonds is 4. The van der Waals surface area contributed by atoms with Gasteiger partial charge in [0.2, 0.25) is 0 Å². The highest BCUT2D eigenvalue weighted by Crippen LogP contribution is 2.19. The van der Waals surface area contributed by atoms with Crippen LogP contribution in [-0.4, -0.2) is 48.1 Å². The van der Waals surface area contributed by atoms with Crippen LogP contribution >= 0.6 is 0 Å². The van der Waals surface area contributed by atoms with Crippen molar-refractivity contribution in [3.63, 3.8) is 0 Å². The largest absolute Gasteiger partial charge is 0.368 e. The Labute approximate surface area is 160 Å². The summed E-state index contributed by atoms with van der Waals surface area (Å²) in [4.78, 5) is 25.8. The van der Waals surface area contributed by atoms with Gasteiger partial charge < -0.3 is 15.1 Å². The fraction of sp³-hybridized carbons (Fsp3) is 0.476. The molecule has 1 aliphatic carbocycles. The van der Waals surface area contributed by atoms with Gasteiger partial charge in [0.25, 0.3) is 5.91 Å². The topological polar surface area (TPSA) is 61.4 Å². The molecule has 2 fully saturated rings. The number of benzene rings is 1. The van der Waals surface area contributed by atoms with Gasteiger partial charge in [-0.15, -0.1) is 0 Å². The van der Waals surface area contributed by atoms with Crippen molar-refractivity contribution in [2.75, 3.05) is 36.0 Å². The van der Waals surface area contributed by atoms with Gasteiger partial charge in [-0.05, 0) is 25.0 Å². The predicted octanol–water partition coefficient (Wildman–Crippen LogP) is 2.87. The predicted molar refractivity (Wildman–Crippen MR) is 107 cm³/mol. The molecule has 0 radical (unpaired) electrons. The first kappa shape index (κ1) is 17.8. The molecule has 1 aromatic carbocycles. The third-order valence-corrected chi connectivity index (χ3v) is 5.54. The van der Waals surface area contributed by atoms with Gasteiger partial charge >= 0.3 is 0 Å². The molecule has 0 unspecified atom stereocenters. The Morgan fingerprint density at radius 3 is 2.26 bits per heavy atom. The number of carbonyl (C=O) groups is 1. The Bertz CT molecular complexity index is 735. The summed E-state index contributed by atoms with van der Waals surface area (Å²) >= 11 is 0. The molecule has 2 aliphatic rings. The molecular weight excluding hydrogens is 338 g/mol. The SMILES string of the molecule is O=C(NC1CCCCC1)c1cnc(N2CCN(c3ccccc3)CC2)cn1. The molecule has 6 heteroatoms. The van der Waals surface area contributed by atoms with E-state index in [2.05, 4.69) is 49.4 Å². The van der Waals surface area contributed by atoms with Gasteiger partial charge in [0.1, 0.15) is 11.5 Å². The van der Waals surface area contributed by atoms with Gasteiger partial charge in [0.15, 0.2) is 0 Å². The van der Waals surface area contributed by atoms with Crippen LogP contribution in [0.5, 0.6) is 0 Å². The molecule has 0 spiro atoms. The quantitative estimate of drug-likeness (QED) is 0.903. The minimum absolute atomic E-state index is 0.102. The number of nitrogens with zero attached hydrogens (tertiary/aromatic N) is 4. The Kier molecular flexibility index (Phi) is 5.51. The van der Waals surface area contributed by atoms with Crippen LogP contribution in [0.1, 0.15) is 42.6 Å². The van der Waals surface area contributed by atoms with Crippen LogP contribution in [0.25, 0.3) is 0 Å². The van der Waals surface area contributed by atoms with Crippen LogP contribution in [0, 0.1) is 0 Å². The lowest BCUT2D eigenvalue weighted by Crippen LogP contribution is -2.46. The van der Waals surface area contributed by atoms with Crippen molar-refractivity contribution in [2.45, 2.75) is 38.1 Å². The second kappa shape index (κ2) is 8.37. The molecule has 2 heterocycles. The molecular formula is C21H27N5O. The number of amides is 1. The number of carbonyl (C=O) groups excluding carboxylic acids is 1. The number of anilines is 2. The summed E-state index contributed by atoms with van der Waals surface area (Å²) in [5.41, 5.74) is 1.67. The smallest absolute Gasteiger partial charge is 0.271 e. The van der Waals surface area contributed by atoms with Crippen molar-refractivity contribution in [3.05, 3.63) is 48.4 Å². The summed E-state index contributed by atoms with van der Waals surface area (Å²) < 4.78 is 0. The van der Waals surface area contributed by atoms with E-state index in [1.807, 2.05) is 6.07 Å². The average molecular weight is 365 g/mol. The van der Waals surface area contributed by atoms with Crippen molar-refractivity contribution in [1.29, 1.82) is 0 Å². The number of aromatic nitrogens is 2. The lowest BCUT2D eigenvalue weighted by molar-refractivity contribution is 0.0922. The second-order valence-electron chi connectivity index (χ2n) is 7.38. The molecule has 1 aliphatic heterocycles. The van der Waals surface area contributed by atoms with Gasteiger partial charge in [-0.2, -0.15) is 0 Å². The maximum absolute atomic E-state index is 12.4. The van der Waals surface area contributed by atoms with Gasteiger partial charge in [-0.25, -0.2) is 9.97 Å². The summed E-state index contributed by atoms with van der Waals surface area (Å²) in [6, 6.07) is 10.8. The molecule has 1 saturated heterocycles. The van der Waals surface area contributed by atoms with Gasteiger partial charge in [0, 0.05) is 37.9 Å². The molecule has 27 heavy (non-hydrogen) atoms. The molecule has 1 amide bonds. The van der Waals surface area contributed by atoms with E-state index in [0.717, 1.165) is 44.8 Å². The lowest BCUT2D eigenvalue weighted by atomic mass is 9.95. The van der Waals surface area contributed by atoms with Crippen LogP contribution in [0.4, 0.5) is 11.5 Å². The Morgan fingerprint density at radius 1 is 0.889 bits per heavy atom. The van der Waals surface area contributed by atoms with Crippen LogP contribution in [0.3, 0.4) is 0 Å². The zero-order chi connectivity index (χ0) is 18.5. The summed E-state index contributed by atoms with van der Waals surface area (Å²) in [5.74, 6) is 0.742. The number of piperazine rings is 1. The molecule has 6 nitrogen and oxygen atoms in total. The Balaban J connectivity index is 1.32. The lowest BCUT2D eigenvalue weighted by Gasteiger charge is -2.36. The van der Waals surface area contributed by atoms with Crippen LogP contribution in [-0.2, 0) is 0 Å². The third-order valence-electron chi connectivity index (χ3n) is 5.54. The second-order valence-corrected chi connectivity index (χ2v) is 7.38. The Hall–Kier alpha value is -2.63. The van der Waals surface area contributed by atoms with E-state index < -0.39 is 0 Å². The summed E-state index contributed by atoms with van der Waals surface area (Å²) in [7, 11) is 0. The van der Waals surface area contributed by atoms with Crippen molar-refractivity contribution < 1.29 is 4.79 Å². The fourth-order valence-electron chi connectivity index (χ4n) is 3.94. The average Bonchev–Trinajstić information content (AvgIpc) is 2.75. The first-order valence-electron chi connectivity index (χ1n) is 9.97. The standard InChI is InChI=1S/C21H27N5O/c27-21(24-17-7-3-1-4-8-17)19-15-23-20(16-22-19)26-13-11-25(12-14-26)18-9-5-2-6-10-18/h2,5-6,9-10,15-17H,1,3-4,7-8,11-14H2,(H,24,27). The molecule has 4 rings (SSSR count). The van der Waals surface area contributed by atoms with Crippen LogP contribution < -0.4 is 15.1 Å². The van der Waals surface area contributed by atoms with Crippen molar-refractivity contribution in [3.8, 4) is 0 Å². The van der Waals surface area contributed by atoms with E-state index in [1.165, 1.54) is 24.9 Å². The summed E-state index contributed by atoms with van der Waals surface area (Å²) in [6.45, 7) is 3.71. The first-order valence-corrected chi connectivity index (χ1v) is 9.97. The van der Waals surface area contributed by atoms with E-state index >= 15 is 0 Å². The number of para-hydroxylation sites is 1. The molecule has 0 atom stereocenters. The van der Waals surface area contributed by atoms with E-state index in [9.17, 15) is 4.79 Å². The normalized spacial score (nSPS) is 18.4. The highest BCUT2D eigenvalue weighted by Gasteiger charge is 2.20. The minimum Gasteiger partial charge on any atom is -0.368 e. The van der Waals surface area contributed by atoms with Gasteiger partial charge in [-0.3, -0.25) is 4.79 Å². The maximum Gasteiger partial charge on any atom is 0.271 e. The zero-order valence-corrected chi connectivity index (χ0v) is 15.7. The van der Waals surface area contributed by atoms with Crippen molar-refractivity contribution in [2.24, 2.45) is 0 Å². The molecule has 1 saturated carbocycles. The molecule has 0 bridgehead atoms. The molecule has 142 valence electrons. The van der Waals surface area contributed by atoms with Gasteiger partial charge in [-0.1, -0.05) is 37.5 Å². The fourth-order valence-corrected chi connectivity index (χ4v) is 3.94. The van der Waals surface area contributed by atoms with Crippen molar-refractivity contribution in [1.82, 2.24) is 15.3 Å². The monoisotopic (exact) mass is 365 g/mol. The number of nitrogens with one attached hydrogen (secondary N) is 1. The maximum atomic E-state index is 12.4. The van der Waals surface area contributed by atoms with E-state index in [1.54, 1.807) is 12.4 Å². The van der Waals surface area contributed by atoms with Crippen LogP contribution in [0.2, 0.25) is 0 Å². The summed E-state index contributed by atoms with van der Waals surface area (Å²) in [6.07, 6.45) is 9.16. The zero-order valence-electron chi connectivity index (χ0n) is 15.7. The highest BCUT2D eigenvalue weighted by molar-refractivity contribution is 5.92. The van der Waals surface area contributed by atoms with E-state index in [-0.39, 0.29) is 5.91 Å². The summed E-state index contributed by atoms with van der Waals surface area (Å²) in [5, 5.41) is 3.10. The molecule has 1 N–H and O–H groups in total. The first-order chi connectivity index (χ1) is 13.3. The number of hydrogen-bond donors (Lipinski definition) is 1. The van der Waals surface area contributed by atoms with Crippen molar-refractivity contribution >= 4 is 17.4 Å². The van der Waals surface area contributed by atoms with Crippen LogP contribution in [0.15, 0.2) is 42.7 Å². The number of hydrogen-bond acceptors (Lipinski definition) is 5. The Morgan fingerprint density at radius 2 is 1.59 bits per heavy atom. The van der Waals surface area contributed by atoms with Gasteiger partial charge in [0.05, 0.1) is 12.4 Å². The van der Waals surface area contributed by atoms with E-state index in [4.69, 9.17) is 0 Å².